The van der Waals surface area contributed by atoms with Crippen LogP contribution in [0.15, 0.2) is 36.4 Å². The molecule has 1 atom stereocenters. The van der Waals surface area contributed by atoms with Crippen LogP contribution >= 0.6 is 11.6 Å². The maximum Gasteiger partial charge on any atom is 0.142 e. The molecule has 0 aliphatic rings. The van der Waals surface area contributed by atoms with E-state index in [4.69, 9.17) is 11.6 Å². The zero-order chi connectivity index (χ0) is 15.4. The summed E-state index contributed by atoms with van der Waals surface area (Å²) in [6.45, 7) is 7.16. The number of nitrogens with one attached hydrogen (secondary N) is 1. The van der Waals surface area contributed by atoms with E-state index in [0.717, 1.165) is 18.5 Å². The molecule has 1 unspecified atom stereocenters. The minimum Gasteiger partial charge on any atom is -0.310 e. The van der Waals surface area contributed by atoms with Gasteiger partial charge < -0.3 is 5.32 Å². The molecular formula is C18H21ClFN. The molecule has 0 spiro atoms. The Hall–Kier alpha value is -1.38. The molecule has 0 saturated carbocycles. The van der Waals surface area contributed by atoms with E-state index >= 15 is 0 Å². The van der Waals surface area contributed by atoms with Crippen molar-refractivity contribution in [1.82, 2.24) is 5.32 Å². The van der Waals surface area contributed by atoms with Gasteiger partial charge in [-0.3, -0.25) is 0 Å². The first-order chi connectivity index (χ1) is 10.0. The van der Waals surface area contributed by atoms with Crippen molar-refractivity contribution < 1.29 is 4.39 Å². The first-order valence-corrected chi connectivity index (χ1v) is 7.63. The Morgan fingerprint density at radius 1 is 1.14 bits per heavy atom. The molecule has 0 fully saturated rings. The molecule has 2 rings (SSSR count). The number of hydrogen-bond donors (Lipinski definition) is 1. The van der Waals surface area contributed by atoms with Gasteiger partial charge in [0, 0.05) is 6.04 Å². The van der Waals surface area contributed by atoms with E-state index < -0.39 is 0 Å². The third-order valence-electron chi connectivity index (χ3n) is 3.68. The molecule has 2 aromatic carbocycles. The molecule has 0 aliphatic heterocycles. The summed E-state index contributed by atoms with van der Waals surface area (Å²) in [4.78, 5) is 0. The Kier molecular flexibility index (Phi) is 5.38. The summed E-state index contributed by atoms with van der Waals surface area (Å²) in [5.74, 6) is -0.356. The van der Waals surface area contributed by atoms with Crippen molar-refractivity contribution in [1.29, 1.82) is 0 Å². The maximum atomic E-state index is 13.6. The fourth-order valence-electron chi connectivity index (χ4n) is 2.58. The van der Waals surface area contributed by atoms with Crippen LogP contribution in [0.2, 0.25) is 5.02 Å². The van der Waals surface area contributed by atoms with Crippen molar-refractivity contribution in [2.45, 2.75) is 33.2 Å². The summed E-state index contributed by atoms with van der Waals surface area (Å²) >= 11 is 5.75. The van der Waals surface area contributed by atoms with Gasteiger partial charge in [0.1, 0.15) is 5.82 Å². The van der Waals surface area contributed by atoms with Crippen LogP contribution in [-0.2, 0) is 6.42 Å². The van der Waals surface area contributed by atoms with Gasteiger partial charge in [-0.15, -0.1) is 0 Å². The summed E-state index contributed by atoms with van der Waals surface area (Å²) in [5, 5.41) is 3.67. The standard InChI is InChI=1S/C18H21ClFN/c1-4-21-18(15-9-12(2)5-6-13(15)3)11-14-7-8-16(19)17(20)10-14/h5-10,18,21H,4,11H2,1-3H3. The van der Waals surface area contributed by atoms with Crippen LogP contribution in [-0.4, -0.2) is 6.54 Å². The van der Waals surface area contributed by atoms with E-state index in [9.17, 15) is 4.39 Å². The predicted molar refractivity (Wildman–Crippen MR) is 87.4 cm³/mol. The highest BCUT2D eigenvalue weighted by atomic mass is 35.5. The summed E-state index contributed by atoms with van der Waals surface area (Å²) in [7, 11) is 0. The first kappa shape index (κ1) is 16.0. The highest BCUT2D eigenvalue weighted by molar-refractivity contribution is 6.30. The van der Waals surface area contributed by atoms with Crippen LogP contribution < -0.4 is 5.32 Å². The lowest BCUT2D eigenvalue weighted by Crippen LogP contribution is -2.24. The van der Waals surface area contributed by atoms with Crippen LogP contribution in [0.25, 0.3) is 0 Å². The van der Waals surface area contributed by atoms with Crippen molar-refractivity contribution in [2.24, 2.45) is 0 Å². The normalized spacial score (nSPS) is 12.4. The lowest BCUT2D eigenvalue weighted by molar-refractivity contribution is 0.544. The maximum absolute atomic E-state index is 13.6. The quantitative estimate of drug-likeness (QED) is 0.820. The average Bonchev–Trinajstić information content (AvgIpc) is 2.45. The number of benzene rings is 2. The Bertz CT molecular complexity index is 625. The average molecular weight is 306 g/mol. The Balaban J connectivity index is 2.30. The number of hydrogen-bond acceptors (Lipinski definition) is 1. The van der Waals surface area contributed by atoms with Gasteiger partial charge in [0.25, 0.3) is 0 Å². The lowest BCUT2D eigenvalue weighted by atomic mass is 9.94. The third-order valence-corrected chi connectivity index (χ3v) is 3.99. The molecule has 1 nitrogen and oxygen atoms in total. The monoisotopic (exact) mass is 305 g/mol. The lowest BCUT2D eigenvalue weighted by Gasteiger charge is -2.21. The smallest absolute Gasteiger partial charge is 0.142 e. The molecule has 0 bridgehead atoms. The topological polar surface area (TPSA) is 12.0 Å². The van der Waals surface area contributed by atoms with Crippen molar-refractivity contribution in [2.75, 3.05) is 6.54 Å². The van der Waals surface area contributed by atoms with Crippen molar-refractivity contribution in [3.05, 3.63) is 69.5 Å². The second-order valence-electron chi connectivity index (χ2n) is 5.42. The van der Waals surface area contributed by atoms with Gasteiger partial charge in [-0.05, 0) is 55.6 Å². The zero-order valence-electron chi connectivity index (χ0n) is 12.7. The number of likely N-dealkylation sites (N-methyl/N-ethyl adjacent to an activating group) is 1. The minimum absolute atomic E-state index is 0.172. The van der Waals surface area contributed by atoms with Gasteiger partial charge in [-0.25, -0.2) is 4.39 Å². The van der Waals surface area contributed by atoms with Crippen LogP contribution in [0, 0.1) is 19.7 Å². The predicted octanol–water partition coefficient (Wildman–Crippen LogP) is 4.99. The van der Waals surface area contributed by atoms with Crippen LogP contribution in [0.4, 0.5) is 4.39 Å². The van der Waals surface area contributed by atoms with Crippen molar-refractivity contribution >= 4 is 11.6 Å². The van der Waals surface area contributed by atoms with Gasteiger partial charge in [0.15, 0.2) is 0 Å². The fourth-order valence-corrected chi connectivity index (χ4v) is 2.69. The SMILES string of the molecule is CCNC(Cc1ccc(Cl)c(F)c1)c1cc(C)ccc1C. The molecule has 0 aromatic heterocycles. The Morgan fingerprint density at radius 2 is 1.90 bits per heavy atom. The van der Waals surface area contributed by atoms with E-state index in [2.05, 4.69) is 44.3 Å². The van der Waals surface area contributed by atoms with E-state index in [-0.39, 0.29) is 16.9 Å². The van der Waals surface area contributed by atoms with Gasteiger partial charge in [0.05, 0.1) is 5.02 Å². The fraction of sp³-hybridized carbons (Fsp3) is 0.333. The summed E-state index contributed by atoms with van der Waals surface area (Å²) in [6, 6.07) is 11.7. The molecule has 21 heavy (non-hydrogen) atoms. The third kappa shape index (κ3) is 4.05. The molecular weight excluding hydrogens is 285 g/mol. The first-order valence-electron chi connectivity index (χ1n) is 7.25. The molecule has 0 amide bonds. The molecule has 112 valence electrons. The second-order valence-corrected chi connectivity index (χ2v) is 5.83. The number of aryl methyl sites for hydroxylation is 2. The largest absolute Gasteiger partial charge is 0.310 e. The van der Waals surface area contributed by atoms with E-state index in [1.807, 2.05) is 6.07 Å². The highest BCUT2D eigenvalue weighted by Gasteiger charge is 2.14. The minimum atomic E-state index is -0.356. The van der Waals surface area contributed by atoms with Gasteiger partial charge >= 0.3 is 0 Å². The second kappa shape index (κ2) is 7.06. The summed E-state index contributed by atoms with van der Waals surface area (Å²) in [6.07, 6.45) is 0.742. The molecule has 2 aromatic rings. The van der Waals surface area contributed by atoms with Gasteiger partial charge in [-0.2, -0.15) is 0 Å². The van der Waals surface area contributed by atoms with E-state index in [0.29, 0.717) is 0 Å². The van der Waals surface area contributed by atoms with Crippen molar-refractivity contribution in [3.63, 3.8) is 0 Å². The molecule has 0 radical (unpaired) electrons. The molecule has 1 N–H and O–H groups in total. The van der Waals surface area contributed by atoms with E-state index in [1.165, 1.54) is 22.8 Å². The van der Waals surface area contributed by atoms with Crippen LogP contribution in [0.1, 0.15) is 35.2 Å². The van der Waals surface area contributed by atoms with E-state index in [1.54, 1.807) is 6.07 Å². The number of halogens is 2. The highest BCUT2D eigenvalue weighted by Crippen LogP contribution is 2.25. The molecule has 3 heteroatoms. The Labute approximate surface area is 131 Å². The molecule has 0 aliphatic carbocycles. The van der Waals surface area contributed by atoms with Crippen molar-refractivity contribution in [3.8, 4) is 0 Å². The van der Waals surface area contributed by atoms with Crippen LogP contribution in [0.5, 0.6) is 0 Å². The summed E-state index contributed by atoms with van der Waals surface area (Å²) in [5.41, 5.74) is 4.71. The molecule has 0 heterocycles. The zero-order valence-corrected chi connectivity index (χ0v) is 13.5. The van der Waals surface area contributed by atoms with Crippen LogP contribution in [0.3, 0.4) is 0 Å². The van der Waals surface area contributed by atoms with Gasteiger partial charge in [0.2, 0.25) is 0 Å². The Morgan fingerprint density at radius 3 is 2.57 bits per heavy atom. The summed E-state index contributed by atoms with van der Waals surface area (Å²) < 4.78 is 13.6. The number of rotatable bonds is 5. The molecule has 0 saturated heterocycles. The van der Waals surface area contributed by atoms with Gasteiger partial charge in [-0.1, -0.05) is 48.4 Å².